The molecule has 0 aliphatic carbocycles. The number of benzene rings is 1. The number of hydrogen-bond acceptors (Lipinski definition) is 6. The van der Waals surface area contributed by atoms with Crippen LogP contribution in [0.4, 0.5) is 0 Å². The fourth-order valence-electron chi connectivity index (χ4n) is 3.27. The van der Waals surface area contributed by atoms with Crippen molar-refractivity contribution in [3.8, 4) is 11.4 Å². The Bertz CT molecular complexity index is 746. The van der Waals surface area contributed by atoms with Crippen molar-refractivity contribution in [2.45, 2.75) is 19.9 Å². The number of amides is 1. The first-order valence-corrected chi connectivity index (χ1v) is 8.92. The van der Waals surface area contributed by atoms with Crippen LogP contribution < -0.4 is 0 Å². The number of methoxy groups -OCH3 is 1. The van der Waals surface area contributed by atoms with Crippen molar-refractivity contribution >= 4 is 5.91 Å². The number of hydrogen-bond donors (Lipinski definition) is 0. The third-order valence-corrected chi connectivity index (χ3v) is 4.73. The molecule has 1 aromatic carbocycles. The largest absolute Gasteiger partial charge is 0.383 e. The van der Waals surface area contributed by atoms with E-state index in [1.54, 1.807) is 19.1 Å². The van der Waals surface area contributed by atoms with Gasteiger partial charge in [-0.05, 0) is 26.0 Å². The maximum atomic E-state index is 12.7. The minimum absolute atomic E-state index is 0.0241. The molecule has 1 amide bonds. The van der Waals surface area contributed by atoms with Gasteiger partial charge in [-0.25, -0.2) is 0 Å². The molecule has 1 saturated heterocycles. The number of aryl methyl sites for hydroxylation is 1. The van der Waals surface area contributed by atoms with Gasteiger partial charge in [0.15, 0.2) is 0 Å². The van der Waals surface area contributed by atoms with Crippen molar-refractivity contribution in [2.75, 3.05) is 40.4 Å². The first kappa shape index (κ1) is 18.5. The zero-order valence-corrected chi connectivity index (χ0v) is 15.6. The smallest absolute Gasteiger partial charge is 0.246 e. The lowest BCUT2D eigenvalue weighted by atomic mass is 10.1. The summed E-state index contributed by atoms with van der Waals surface area (Å²) in [5.74, 6) is 1.15. The number of carbonyl (C=O) groups excluding carboxylic acids is 1. The molecule has 0 saturated carbocycles. The number of carbonyl (C=O) groups is 1. The lowest BCUT2D eigenvalue weighted by molar-refractivity contribution is -0.134. The molecule has 140 valence electrons. The van der Waals surface area contributed by atoms with Gasteiger partial charge in [-0.3, -0.25) is 4.79 Å². The SMILES string of the molecule is COCCN1CCC(C(=O)N(C)Cc2nc(-c3cccc(C)c3)no2)C1. The molecule has 0 spiro atoms. The summed E-state index contributed by atoms with van der Waals surface area (Å²) >= 11 is 0. The van der Waals surface area contributed by atoms with E-state index in [1.807, 2.05) is 31.2 Å². The lowest BCUT2D eigenvalue weighted by Crippen LogP contribution is -2.34. The minimum atomic E-state index is 0.0241. The molecule has 1 atom stereocenters. The van der Waals surface area contributed by atoms with Gasteiger partial charge >= 0.3 is 0 Å². The molecule has 1 unspecified atom stereocenters. The maximum absolute atomic E-state index is 12.7. The van der Waals surface area contributed by atoms with Crippen molar-refractivity contribution < 1.29 is 14.1 Å². The van der Waals surface area contributed by atoms with Crippen LogP contribution in [0.3, 0.4) is 0 Å². The molecule has 1 aliphatic heterocycles. The third kappa shape index (κ3) is 4.47. The Morgan fingerprint density at radius 2 is 2.31 bits per heavy atom. The molecule has 7 nitrogen and oxygen atoms in total. The number of aromatic nitrogens is 2. The average Bonchev–Trinajstić information content (AvgIpc) is 3.29. The molecule has 2 aromatic rings. The third-order valence-electron chi connectivity index (χ3n) is 4.73. The summed E-state index contributed by atoms with van der Waals surface area (Å²) in [6, 6.07) is 7.94. The van der Waals surface area contributed by atoms with Crippen LogP contribution in [0.5, 0.6) is 0 Å². The maximum Gasteiger partial charge on any atom is 0.246 e. The van der Waals surface area contributed by atoms with E-state index in [1.165, 1.54) is 0 Å². The second-order valence-corrected chi connectivity index (χ2v) is 6.85. The average molecular weight is 358 g/mol. The van der Waals surface area contributed by atoms with Gasteiger partial charge in [0, 0.05) is 32.8 Å². The van der Waals surface area contributed by atoms with Crippen molar-refractivity contribution in [1.29, 1.82) is 0 Å². The summed E-state index contributed by atoms with van der Waals surface area (Å²) in [5, 5.41) is 4.04. The summed E-state index contributed by atoms with van der Waals surface area (Å²) in [4.78, 5) is 21.0. The Hall–Kier alpha value is -2.25. The van der Waals surface area contributed by atoms with Gasteiger partial charge in [0.1, 0.15) is 0 Å². The van der Waals surface area contributed by atoms with E-state index in [2.05, 4.69) is 15.0 Å². The molecule has 1 fully saturated rings. The highest BCUT2D eigenvalue weighted by Crippen LogP contribution is 2.20. The van der Waals surface area contributed by atoms with Crippen molar-refractivity contribution in [1.82, 2.24) is 19.9 Å². The van der Waals surface area contributed by atoms with E-state index < -0.39 is 0 Å². The lowest BCUT2D eigenvalue weighted by Gasteiger charge is -2.20. The number of likely N-dealkylation sites (tertiary alicyclic amines) is 1. The molecule has 0 bridgehead atoms. The van der Waals surface area contributed by atoms with Crippen LogP contribution in [0.25, 0.3) is 11.4 Å². The normalized spacial score (nSPS) is 17.6. The van der Waals surface area contributed by atoms with Crippen LogP contribution in [-0.2, 0) is 16.1 Å². The predicted molar refractivity (Wildman–Crippen MR) is 97.4 cm³/mol. The molecule has 1 aliphatic rings. The van der Waals surface area contributed by atoms with Crippen LogP contribution in [0, 0.1) is 12.8 Å². The summed E-state index contributed by atoms with van der Waals surface area (Å²) in [6.07, 6.45) is 0.880. The van der Waals surface area contributed by atoms with Crippen molar-refractivity contribution in [3.05, 3.63) is 35.7 Å². The van der Waals surface area contributed by atoms with E-state index in [-0.39, 0.29) is 11.8 Å². The van der Waals surface area contributed by atoms with Gasteiger partial charge in [0.2, 0.25) is 17.6 Å². The van der Waals surface area contributed by atoms with Gasteiger partial charge < -0.3 is 19.1 Å². The van der Waals surface area contributed by atoms with Crippen LogP contribution in [0.1, 0.15) is 17.9 Å². The van der Waals surface area contributed by atoms with E-state index in [0.29, 0.717) is 24.9 Å². The molecule has 0 radical (unpaired) electrons. The predicted octanol–water partition coefficient (Wildman–Crippen LogP) is 1.97. The van der Waals surface area contributed by atoms with Gasteiger partial charge in [-0.1, -0.05) is 28.9 Å². The minimum Gasteiger partial charge on any atom is -0.383 e. The molecular weight excluding hydrogens is 332 g/mol. The molecule has 0 N–H and O–H groups in total. The number of rotatable bonds is 7. The zero-order chi connectivity index (χ0) is 18.5. The quantitative estimate of drug-likeness (QED) is 0.754. The van der Waals surface area contributed by atoms with Crippen LogP contribution >= 0.6 is 0 Å². The topological polar surface area (TPSA) is 71.7 Å². The summed E-state index contributed by atoms with van der Waals surface area (Å²) < 4.78 is 10.4. The standard InChI is InChI=1S/C19H26N4O3/c1-14-5-4-6-15(11-14)18-20-17(26-21-18)13-22(2)19(24)16-7-8-23(12-16)9-10-25-3/h4-6,11,16H,7-10,12-13H2,1-3H3. The van der Waals surface area contributed by atoms with Gasteiger partial charge in [-0.15, -0.1) is 0 Å². The second-order valence-electron chi connectivity index (χ2n) is 6.85. The van der Waals surface area contributed by atoms with E-state index >= 15 is 0 Å². The Morgan fingerprint density at radius 1 is 1.46 bits per heavy atom. The molecule has 7 heteroatoms. The molecule has 3 rings (SSSR count). The second kappa shape index (κ2) is 8.42. The van der Waals surface area contributed by atoms with Gasteiger partial charge in [-0.2, -0.15) is 4.98 Å². The molecule has 26 heavy (non-hydrogen) atoms. The van der Waals surface area contributed by atoms with Crippen LogP contribution in [0.2, 0.25) is 0 Å². The van der Waals surface area contributed by atoms with E-state index in [4.69, 9.17) is 9.26 Å². The van der Waals surface area contributed by atoms with Crippen LogP contribution in [0.15, 0.2) is 28.8 Å². The van der Waals surface area contributed by atoms with E-state index in [0.717, 1.165) is 37.2 Å². The Kier molecular flexibility index (Phi) is 6.00. The highest BCUT2D eigenvalue weighted by atomic mass is 16.5. The van der Waals surface area contributed by atoms with Crippen LogP contribution in [-0.4, -0.2) is 66.2 Å². The highest BCUT2D eigenvalue weighted by molar-refractivity contribution is 5.79. The Labute approximate surface area is 153 Å². The fraction of sp³-hybridized carbons (Fsp3) is 0.526. The van der Waals surface area contributed by atoms with Gasteiger partial charge in [0.05, 0.1) is 19.1 Å². The fourth-order valence-corrected chi connectivity index (χ4v) is 3.27. The molecule has 1 aromatic heterocycles. The summed E-state index contributed by atoms with van der Waals surface area (Å²) in [6.45, 7) is 5.63. The Balaban J connectivity index is 1.56. The Morgan fingerprint density at radius 3 is 3.08 bits per heavy atom. The molecular formula is C19H26N4O3. The first-order chi connectivity index (χ1) is 12.6. The molecule has 2 heterocycles. The summed E-state index contributed by atoms with van der Waals surface area (Å²) in [7, 11) is 3.48. The first-order valence-electron chi connectivity index (χ1n) is 8.92. The highest BCUT2D eigenvalue weighted by Gasteiger charge is 2.30. The van der Waals surface area contributed by atoms with Gasteiger partial charge in [0.25, 0.3) is 0 Å². The monoisotopic (exact) mass is 358 g/mol. The summed E-state index contributed by atoms with van der Waals surface area (Å²) in [5.41, 5.74) is 2.05. The van der Waals surface area contributed by atoms with Crippen molar-refractivity contribution in [3.63, 3.8) is 0 Å². The van der Waals surface area contributed by atoms with Crippen molar-refractivity contribution in [2.24, 2.45) is 5.92 Å². The number of nitrogens with zero attached hydrogens (tertiary/aromatic N) is 4. The van der Waals surface area contributed by atoms with E-state index in [9.17, 15) is 4.79 Å². The number of ether oxygens (including phenoxy) is 1. The zero-order valence-electron chi connectivity index (χ0n) is 15.6.